The first-order valence-corrected chi connectivity index (χ1v) is 6.06. The Morgan fingerprint density at radius 2 is 2.00 bits per heavy atom. The molecule has 72 valence electrons. The Hall–Kier alpha value is -0.300. The van der Waals surface area contributed by atoms with Gasteiger partial charge in [0, 0.05) is 5.33 Å². The molecule has 0 saturated heterocycles. The number of hydrogen-bond donors (Lipinski definition) is 0. The predicted octanol–water partition coefficient (Wildman–Crippen LogP) is 4.10. The molecule has 0 atom stereocenters. The van der Waals surface area contributed by atoms with Crippen LogP contribution < -0.4 is 0 Å². The molecule has 1 rings (SSSR count). The van der Waals surface area contributed by atoms with Crippen LogP contribution >= 0.6 is 15.9 Å². The van der Waals surface area contributed by atoms with Gasteiger partial charge in [-0.05, 0) is 31.7 Å². The minimum atomic E-state index is 1.14. The zero-order valence-electron chi connectivity index (χ0n) is 8.22. The molecule has 0 heterocycles. The molecule has 0 aliphatic carbocycles. The maximum atomic E-state index is 3.45. The summed E-state index contributed by atoms with van der Waals surface area (Å²) in [6.07, 6.45) is 5.18. The fraction of sp³-hybridized carbons (Fsp3) is 0.500. The van der Waals surface area contributed by atoms with Gasteiger partial charge >= 0.3 is 0 Å². The highest BCUT2D eigenvalue weighted by Crippen LogP contribution is 2.09. The Balaban J connectivity index is 2.28. The van der Waals surface area contributed by atoms with Gasteiger partial charge in [-0.3, -0.25) is 0 Å². The number of aryl methyl sites for hydroxylation is 2. The van der Waals surface area contributed by atoms with E-state index in [0.29, 0.717) is 0 Å². The van der Waals surface area contributed by atoms with Gasteiger partial charge in [-0.15, -0.1) is 0 Å². The van der Waals surface area contributed by atoms with Crippen molar-refractivity contribution in [1.82, 2.24) is 0 Å². The SMILES string of the molecule is Cc1cccc(CCCCCBr)c1. The van der Waals surface area contributed by atoms with Crippen LogP contribution in [0.15, 0.2) is 24.3 Å². The van der Waals surface area contributed by atoms with Crippen molar-refractivity contribution in [2.45, 2.75) is 32.6 Å². The summed E-state index contributed by atoms with van der Waals surface area (Å²) in [6.45, 7) is 2.15. The van der Waals surface area contributed by atoms with E-state index in [0.717, 1.165) is 5.33 Å². The van der Waals surface area contributed by atoms with Crippen molar-refractivity contribution < 1.29 is 0 Å². The van der Waals surface area contributed by atoms with Gasteiger partial charge in [0.25, 0.3) is 0 Å². The van der Waals surface area contributed by atoms with Crippen molar-refractivity contribution in [3.63, 3.8) is 0 Å². The molecule has 0 unspecified atom stereocenters. The van der Waals surface area contributed by atoms with E-state index in [1.807, 2.05) is 0 Å². The van der Waals surface area contributed by atoms with Gasteiger partial charge < -0.3 is 0 Å². The van der Waals surface area contributed by atoms with Gasteiger partial charge in [0.05, 0.1) is 0 Å². The summed E-state index contributed by atoms with van der Waals surface area (Å²) in [5, 5.41) is 1.14. The summed E-state index contributed by atoms with van der Waals surface area (Å²) >= 11 is 3.45. The zero-order valence-corrected chi connectivity index (χ0v) is 9.81. The first-order valence-electron chi connectivity index (χ1n) is 4.94. The fourth-order valence-corrected chi connectivity index (χ4v) is 1.86. The normalized spacial score (nSPS) is 10.3. The lowest BCUT2D eigenvalue weighted by atomic mass is 10.1. The van der Waals surface area contributed by atoms with Gasteiger partial charge in [-0.2, -0.15) is 0 Å². The molecule has 0 N–H and O–H groups in total. The van der Waals surface area contributed by atoms with Crippen molar-refractivity contribution in [1.29, 1.82) is 0 Å². The monoisotopic (exact) mass is 240 g/mol. The molecule has 0 saturated carbocycles. The maximum Gasteiger partial charge on any atom is 0.00313 e. The molecule has 0 radical (unpaired) electrons. The summed E-state index contributed by atoms with van der Waals surface area (Å²) < 4.78 is 0. The maximum absolute atomic E-state index is 3.45. The summed E-state index contributed by atoms with van der Waals surface area (Å²) in [6, 6.07) is 8.81. The molecular weight excluding hydrogens is 224 g/mol. The highest BCUT2D eigenvalue weighted by Gasteiger charge is 1.93. The third kappa shape index (κ3) is 4.47. The smallest absolute Gasteiger partial charge is 0.00313 e. The second-order valence-corrected chi connectivity index (χ2v) is 4.28. The average molecular weight is 241 g/mol. The second kappa shape index (κ2) is 6.20. The number of rotatable bonds is 5. The molecule has 0 bridgehead atoms. The van der Waals surface area contributed by atoms with Crippen LogP contribution in [0.2, 0.25) is 0 Å². The van der Waals surface area contributed by atoms with Gasteiger partial charge in [-0.25, -0.2) is 0 Å². The molecule has 0 aliphatic heterocycles. The lowest BCUT2D eigenvalue weighted by Crippen LogP contribution is -1.86. The molecule has 0 aliphatic rings. The van der Waals surface area contributed by atoms with Gasteiger partial charge in [0.1, 0.15) is 0 Å². The highest BCUT2D eigenvalue weighted by atomic mass is 79.9. The van der Waals surface area contributed by atoms with Gasteiger partial charge in [0.2, 0.25) is 0 Å². The molecule has 0 amide bonds. The van der Waals surface area contributed by atoms with E-state index in [2.05, 4.69) is 47.1 Å². The average Bonchev–Trinajstić information content (AvgIpc) is 2.13. The first kappa shape index (κ1) is 10.8. The summed E-state index contributed by atoms with van der Waals surface area (Å²) in [5.74, 6) is 0. The van der Waals surface area contributed by atoms with E-state index in [-0.39, 0.29) is 0 Å². The fourth-order valence-electron chi connectivity index (χ4n) is 1.47. The Bertz CT molecular complexity index is 243. The first-order chi connectivity index (χ1) is 6.33. The predicted molar refractivity (Wildman–Crippen MR) is 62.5 cm³/mol. The highest BCUT2D eigenvalue weighted by molar-refractivity contribution is 9.09. The third-order valence-corrected chi connectivity index (χ3v) is 2.74. The van der Waals surface area contributed by atoms with E-state index >= 15 is 0 Å². The second-order valence-electron chi connectivity index (χ2n) is 3.49. The molecule has 0 spiro atoms. The molecule has 0 nitrogen and oxygen atoms in total. The minimum Gasteiger partial charge on any atom is -0.0928 e. The van der Waals surface area contributed by atoms with Crippen LogP contribution in [0.25, 0.3) is 0 Å². The quantitative estimate of drug-likeness (QED) is 0.537. The van der Waals surface area contributed by atoms with E-state index < -0.39 is 0 Å². The summed E-state index contributed by atoms with van der Waals surface area (Å²) in [4.78, 5) is 0. The molecule has 0 aromatic heterocycles. The molecule has 1 heteroatoms. The Morgan fingerprint density at radius 1 is 1.15 bits per heavy atom. The number of hydrogen-bond acceptors (Lipinski definition) is 0. The van der Waals surface area contributed by atoms with E-state index in [9.17, 15) is 0 Å². The van der Waals surface area contributed by atoms with Crippen LogP contribution in [0.5, 0.6) is 0 Å². The molecule has 1 aromatic rings. The molecule has 13 heavy (non-hydrogen) atoms. The molecule has 0 fully saturated rings. The molecular formula is C12H17Br. The lowest BCUT2D eigenvalue weighted by Gasteiger charge is -2.01. The Kier molecular flexibility index (Phi) is 5.14. The Labute approximate surface area is 89.5 Å². The number of unbranched alkanes of at least 4 members (excludes halogenated alkanes) is 2. The van der Waals surface area contributed by atoms with Crippen LogP contribution in [-0.4, -0.2) is 5.33 Å². The van der Waals surface area contributed by atoms with Crippen molar-refractivity contribution in [3.8, 4) is 0 Å². The van der Waals surface area contributed by atoms with Crippen LogP contribution in [0, 0.1) is 6.92 Å². The van der Waals surface area contributed by atoms with Crippen LogP contribution in [0.1, 0.15) is 30.4 Å². The van der Waals surface area contributed by atoms with Gasteiger partial charge in [-0.1, -0.05) is 52.2 Å². The largest absolute Gasteiger partial charge is 0.0928 e. The van der Waals surface area contributed by atoms with Crippen molar-refractivity contribution in [3.05, 3.63) is 35.4 Å². The third-order valence-electron chi connectivity index (χ3n) is 2.18. The van der Waals surface area contributed by atoms with Gasteiger partial charge in [0.15, 0.2) is 0 Å². The summed E-state index contributed by atoms with van der Waals surface area (Å²) in [7, 11) is 0. The molecule has 1 aromatic carbocycles. The van der Waals surface area contributed by atoms with Crippen molar-refractivity contribution in [2.75, 3.05) is 5.33 Å². The van der Waals surface area contributed by atoms with Crippen molar-refractivity contribution >= 4 is 15.9 Å². The van der Waals surface area contributed by atoms with Crippen LogP contribution in [0.3, 0.4) is 0 Å². The van der Waals surface area contributed by atoms with E-state index in [4.69, 9.17) is 0 Å². The number of benzene rings is 1. The lowest BCUT2D eigenvalue weighted by molar-refractivity contribution is 0.724. The number of halogens is 1. The Morgan fingerprint density at radius 3 is 2.69 bits per heavy atom. The van der Waals surface area contributed by atoms with Crippen molar-refractivity contribution in [2.24, 2.45) is 0 Å². The topological polar surface area (TPSA) is 0 Å². The standard InChI is InChI=1S/C12H17Br/c1-11-6-5-8-12(10-11)7-3-2-4-9-13/h5-6,8,10H,2-4,7,9H2,1H3. The van der Waals surface area contributed by atoms with Crippen LogP contribution in [0.4, 0.5) is 0 Å². The van der Waals surface area contributed by atoms with E-state index in [1.165, 1.54) is 36.8 Å². The van der Waals surface area contributed by atoms with E-state index in [1.54, 1.807) is 0 Å². The minimum absolute atomic E-state index is 1.14. The summed E-state index contributed by atoms with van der Waals surface area (Å²) in [5.41, 5.74) is 2.85. The number of alkyl halides is 1. The van der Waals surface area contributed by atoms with Crippen LogP contribution in [-0.2, 0) is 6.42 Å². The zero-order chi connectivity index (χ0) is 9.52.